The first-order chi connectivity index (χ1) is 13.5. The third-order valence-corrected chi connectivity index (χ3v) is 4.85. The zero-order valence-corrected chi connectivity index (χ0v) is 15.1. The summed E-state index contributed by atoms with van der Waals surface area (Å²) in [6.07, 6.45) is -0.0174. The monoisotopic (exact) mass is 388 g/mol. The maximum Gasteiger partial charge on any atom is 0.276 e. The van der Waals surface area contributed by atoms with E-state index in [9.17, 15) is 18.4 Å². The molecule has 1 saturated heterocycles. The highest BCUT2D eigenvalue weighted by atomic mass is 19.3. The van der Waals surface area contributed by atoms with Crippen molar-refractivity contribution in [2.75, 3.05) is 6.54 Å². The van der Waals surface area contributed by atoms with Gasteiger partial charge in [0.2, 0.25) is 0 Å². The van der Waals surface area contributed by atoms with Crippen molar-refractivity contribution in [1.82, 2.24) is 29.4 Å². The highest BCUT2D eigenvalue weighted by Crippen LogP contribution is 2.32. The Balaban J connectivity index is 1.82. The molecule has 28 heavy (non-hydrogen) atoms. The van der Waals surface area contributed by atoms with Gasteiger partial charge in [-0.1, -0.05) is 17.3 Å². The number of hydrogen-bond donors (Lipinski definition) is 0. The van der Waals surface area contributed by atoms with E-state index in [1.54, 1.807) is 31.3 Å². The second-order valence-electron chi connectivity index (χ2n) is 6.73. The van der Waals surface area contributed by atoms with E-state index in [1.165, 1.54) is 15.8 Å². The smallest absolute Gasteiger partial charge is 0.276 e. The molecule has 10 heteroatoms. The number of aromatic nitrogens is 5. The van der Waals surface area contributed by atoms with Gasteiger partial charge in [-0.05, 0) is 25.0 Å². The molecule has 1 atom stereocenters. The Labute approximate surface area is 158 Å². The van der Waals surface area contributed by atoms with Gasteiger partial charge >= 0.3 is 0 Å². The zero-order chi connectivity index (χ0) is 19.8. The largest absolute Gasteiger partial charge is 0.327 e. The van der Waals surface area contributed by atoms with Crippen molar-refractivity contribution in [3.05, 3.63) is 52.3 Å². The molecular weight excluding hydrogens is 370 g/mol. The Morgan fingerprint density at radius 3 is 2.82 bits per heavy atom. The van der Waals surface area contributed by atoms with Crippen LogP contribution in [0.4, 0.5) is 8.78 Å². The average molecular weight is 388 g/mol. The minimum absolute atomic E-state index is 0.165. The lowest BCUT2D eigenvalue weighted by Gasteiger charge is -2.26. The van der Waals surface area contributed by atoms with Crippen molar-refractivity contribution in [3.63, 3.8) is 0 Å². The number of rotatable bonds is 4. The molecule has 3 aromatic rings. The predicted molar refractivity (Wildman–Crippen MR) is 96.0 cm³/mol. The van der Waals surface area contributed by atoms with Gasteiger partial charge in [0, 0.05) is 13.6 Å². The van der Waals surface area contributed by atoms with Crippen molar-refractivity contribution in [3.8, 4) is 0 Å². The molecule has 0 N–H and O–H groups in total. The molecule has 1 amide bonds. The standard InChI is InChI=1S/C18H18F2N6O2/c1-24-9-13(22-23-24)18(28)25-8-4-7-14(25)16-21-12-6-3-2-5-11(12)17(27)26(16)10-15(19)20/h2-3,5-6,9,14-15H,4,7-8,10H2,1H3. The summed E-state index contributed by atoms with van der Waals surface area (Å²) in [5.41, 5.74) is 0.0597. The number of nitrogens with zero attached hydrogens (tertiary/aromatic N) is 6. The van der Waals surface area contributed by atoms with Crippen molar-refractivity contribution < 1.29 is 13.6 Å². The number of amides is 1. The first-order valence-electron chi connectivity index (χ1n) is 8.90. The number of carbonyl (C=O) groups is 1. The SMILES string of the molecule is Cn1cc(C(=O)N2CCCC2c2nc3ccccc3c(=O)n2CC(F)F)nn1. The maximum atomic E-state index is 13.2. The number of halogens is 2. The van der Waals surface area contributed by atoms with Crippen molar-refractivity contribution in [2.24, 2.45) is 7.05 Å². The van der Waals surface area contributed by atoms with Crippen LogP contribution in [0, 0.1) is 0 Å². The van der Waals surface area contributed by atoms with Crippen molar-refractivity contribution in [2.45, 2.75) is 31.9 Å². The third kappa shape index (κ3) is 3.14. The number of benzene rings is 1. The molecule has 1 aliphatic heterocycles. The van der Waals surface area contributed by atoms with Crippen molar-refractivity contribution >= 4 is 16.8 Å². The van der Waals surface area contributed by atoms with Crippen LogP contribution in [0.25, 0.3) is 10.9 Å². The molecule has 0 spiro atoms. The van der Waals surface area contributed by atoms with Crippen LogP contribution in [0.5, 0.6) is 0 Å². The minimum Gasteiger partial charge on any atom is -0.327 e. The second kappa shape index (κ2) is 7.10. The van der Waals surface area contributed by atoms with E-state index in [2.05, 4.69) is 15.3 Å². The molecule has 1 unspecified atom stereocenters. The number of aryl methyl sites for hydroxylation is 1. The fraction of sp³-hybridized carbons (Fsp3) is 0.389. The van der Waals surface area contributed by atoms with Gasteiger partial charge in [0.05, 0.1) is 29.7 Å². The summed E-state index contributed by atoms with van der Waals surface area (Å²) in [6.45, 7) is -0.340. The van der Waals surface area contributed by atoms with E-state index in [0.29, 0.717) is 24.9 Å². The molecule has 3 heterocycles. The van der Waals surface area contributed by atoms with Gasteiger partial charge in [0.1, 0.15) is 5.82 Å². The topological polar surface area (TPSA) is 85.9 Å². The highest BCUT2D eigenvalue weighted by molar-refractivity contribution is 5.92. The fourth-order valence-corrected chi connectivity index (χ4v) is 3.62. The molecule has 0 bridgehead atoms. The van der Waals surface area contributed by atoms with Gasteiger partial charge in [0.15, 0.2) is 5.69 Å². The molecule has 1 aliphatic rings. The lowest BCUT2D eigenvalue weighted by molar-refractivity contribution is 0.0714. The summed E-state index contributed by atoms with van der Waals surface area (Å²) in [4.78, 5) is 31.8. The molecule has 0 aliphatic carbocycles. The van der Waals surface area contributed by atoms with E-state index in [-0.39, 0.29) is 22.8 Å². The van der Waals surface area contributed by atoms with Gasteiger partial charge in [0.25, 0.3) is 17.9 Å². The Morgan fingerprint density at radius 2 is 2.11 bits per heavy atom. The van der Waals surface area contributed by atoms with E-state index < -0.39 is 24.6 Å². The van der Waals surface area contributed by atoms with E-state index in [1.807, 2.05) is 0 Å². The summed E-state index contributed by atoms with van der Waals surface area (Å²) in [5.74, 6) is -0.180. The Hall–Kier alpha value is -3.17. The van der Waals surface area contributed by atoms with Gasteiger partial charge in [-0.25, -0.2) is 13.8 Å². The number of alkyl halides is 2. The Morgan fingerprint density at radius 1 is 1.32 bits per heavy atom. The number of fused-ring (bicyclic) bond motifs is 1. The van der Waals surface area contributed by atoms with Crippen LogP contribution in [0.15, 0.2) is 35.3 Å². The molecule has 146 valence electrons. The van der Waals surface area contributed by atoms with E-state index >= 15 is 0 Å². The first kappa shape index (κ1) is 18.2. The number of carbonyl (C=O) groups excluding carboxylic acids is 1. The molecule has 2 aromatic heterocycles. The quantitative estimate of drug-likeness (QED) is 0.680. The molecular formula is C18H18F2N6O2. The van der Waals surface area contributed by atoms with Gasteiger partial charge < -0.3 is 4.90 Å². The average Bonchev–Trinajstić information content (AvgIpc) is 3.32. The summed E-state index contributed by atoms with van der Waals surface area (Å²) in [6, 6.07) is 6.04. The summed E-state index contributed by atoms with van der Waals surface area (Å²) < 4.78 is 28.8. The lowest BCUT2D eigenvalue weighted by Crippen LogP contribution is -2.36. The summed E-state index contributed by atoms with van der Waals surface area (Å²) in [5, 5.41) is 7.88. The van der Waals surface area contributed by atoms with Crippen LogP contribution in [-0.2, 0) is 13.6 Å². The van der Waals surface area contributed by atoms with Gasteiger partial charge in [-0.15, -0.1) is 5.10 Å². The first-order valence-corrected chi connectivity index (χ1v) is 8.90. The van der Waals surface area contributed by atoms with Crippen LogP contribution in [0.2, 0.25) is 0 Å². The lowest BCUT2D eigenvalue weighted by atomic mass is 10.1. The predicted octanol–water partition coefficient (Wildman–Crippen LogP) is 1.77. The number of para-hydroxylation sites is 1. The Kier molecular flexibility index (Phi) is 4.62. The normalized spacial score (nSPS) is 17.0. The van der Waals surface area contributed by atoms with Gasteiger partial charge in [-0.2, -0.15) is 0 Å². The molecule has 0 radical (unpaired) electrons. The van der Waals surface area contributed by atoms with Crippen LogP contribution in [-0.4, -0.2) is 48.3 Å². The zero-order valence-electron chi connectivity index (χ0n) is 15.1. The van der Waals surface area contributed by atoms with Crippen LogP contribution < -0.4 is 5.56 Å². The summed E-state index contributed by atoms with van der Waals surface area (Å²) in [7, 11) is 1.65. The van der Waals surface area contributed by atoms with Crippen LogP contribution >= 0.6 is 0 Å². The van der Waals surface area contributed by atoms with Crippen molar-refractivity contribution in [1.29, 1.82) is 0 Å². The second-order valence-corrected chi connectivity index (χ2v) is 6.73. The van der Waals surface area contributed by atoms with Crippen LogP contribution in [0.3, 0.4) is 0 Å². The Bertz CT molecular complexity index is 1090. The number of hydrogen-bond acceptors (Lipinski definition) is 5. The van der Waals surface area contributed by atoms with E-state index in [0.717, 1.165) is 4.57 Å². The molecule has 1 fully saturated rings. The van der Waals surface area contributed by atoms with Gasteiger partial charge in [-0.3, -0.25) is 18.8 Å². The number of likely N-dealkylation sites (tertiary alicyclic amines) is 1. The maximum absolute atomic E-state index is 13.2. The summed E-state index contributed by atoms with van der Waals surface area (Å²) >= 11 is 0. The fourth-order valence-electron chi connectivity index (χ4n) is 3.62. The molecule has 1 aromatic carbocycles. The minimum atomic E-state index is -2.72. The van der Waals surface area contributed by atoms with E-state index in [4.69, 9.17) is 0 Å². The highest BCUT2D eigenvalue weighted by Gasteiger charge is 2.35. The molecule has 8 nitrogen and oxygen atoms in total. The molecule has 0 saturated carbocycles. The van der Waals surface area contributed by atoms with Crippen LogP contribution in [0.1, 0.15) is 35.2 Å². The third-order valence-electron chi connectivity index (χ3n) is 4.85. The molecule has 4 rings (SSSR count).